The molecule has 4 nitrogen and oxygen atoms in total. The average molecular weight is 284 g/mol. The van der Waals surface area contributed by atoms with Crippen LogP contribution in [-0.4, -0.2) is 26.6 Å². The number of ketones is 1. The van der Waals surface area contributed by atoms with Gasteiger partial charge in [-0.25, -0.2) is 0 Å². The Morgan fingerprint density at radius 3 is 2.71 bits per heavy atom. The van der Waals surface area contributed by atoms with Gasteiger partial charge in [0.05, 0.1) is 25.7 Å². The van der Waals surface area contributed by atoms with Crippen molar-refractivity contribution in [2.24, 2.45) is 0 Å². The highest BCUT2D eigenvalue weighted by atomic mass is 16.5. The molecule has 0 amide bonds. The number of ether oxygens (including phenoxy) is 3. The molecule has 0 N–H and O–H groups in total. The molecule has 0 bridgehead atoms. The van der Waals surface area contributed by atoms with E-state index in [2.05, 4.69) is 0 Å². The first-order chi connectivity index (χ1) is 10.2. The van der Waals surface area contributed by atoms with Gasteiger partial charge in [-0.05, 0) is 24.3 Å². The highest BCUT2D eigenvalue weighted by Crippen LogP contribution is 2.37. The van der Waals surface area contributed by atoms with E-state index in [4.69, 9.17) is 14.2 Å². The standard InChI is InChI=1S/C17H16O4/c1-19-11-7-8-15(20-2)13(9-11)17(18)14-10-21-16-6-4-3-5-12(14)16/h3-9,14H,10H2,1-2H3. The quantitative estimate of drug-likeness (QED) is 0.809. The molecule has 1 unspecified atom stereocenters. The molecule has 0 spiro atoms. The van der Waals surface area contributed by atoms with E-state index in [0.717, 1.165) is 11.3 Å². The van der Waals surface area contributed by atoms with Gasteiger partial charge in [0.25, 0.3) is 0 Å². The largest absolute Gasteiger partial charge is 0.497 e. The van der Waals surface area contributed by atoms with Crippen molar-refractivity contribution in [2.75, 3.05) is 20.8 Å². The maximum atomic E-state index is 12.8. The summed E-state index contributed by atoms with van der Waals surface area (Å²) in [6.07, 6.45) is 0. The Morgan fingerprint density at radius 2 is 1.95 bits per heavy atom. The molecule has 2 aromatic rings. The molecular weight excluding hydrogens is 268 g/mol. The molecule has 2 aromatic carbocycles. The van der Waals surface area contributed by atoms with Gasteiger partial charge in [-0.3, -0.25) is 4.79 Å². The van der Waals surface area contributed by atoms with Crippen LogP contribution in [0.4, 0.5) is 0 Å². The van der Waals surface area contributed by atoms with E-state index in [0.29, 0.717) is 23.7 Å². The number of rotatable bonds is 4. The van der Waals surface area contributed by atoms with Gasteiger partial charge in [0.2, 0.25) is 0 Å². The van der Waals surface area contributed by atoms with Crippen LogP contribution in [0.5, 0.6) is 17.2 Å². The third-order valence-electron chi connectivity index (χ3n) is 3.69. The van der Waals surface area contributed by atoms with Crippen molar-refractivity contribution < 1.29 is 19.0 Å². The van der Waals surface area contributed by atoms with Crippen LogP contribution in [0.2, 0.25) is 0 Å². The summed E-state index contributed by atoms with van der Waals surface area (Å²) in [5.41, 5.74) is 1.44. The molecule has 1 aliphatic rings. The van der Waals surface area contributed by atoms with E-state index < -0.39 is 0 Å². The fourth-order valence-electron chi connectivity index (χ4n) is 2.57. The number of para-hydroxylation sites is 1. The topological polar surface area (TPSA) is 44.8 Å². The van der Waals surface area contributed by atoms with Crippen LogP contribution in [0.1, 0.15) is 21.8 Å². The molecule has 0 fully saturated rings. The van der Waals surface area contributed by atoms with Crippen LogP contribution in [0.3, 0.4) is 0 Å². The number of carbonyl (C=O) groups excluding carboxylic acids is 1. The number of hydrogen-bond donors (Lipinski definition) is 0. The number of carbonyl (C=O) groups is 1. The van der Waals surface area contributed by atoms with Crippen molar-refractivity contribution in [1.29, 1.82) is 0 Å². The van der Waals surface area contributed by atoms with E-state index in [1.165, 1.54) is 0 Å². The molecule has 1 aliphatic heterocycles. The predicted octanol–water partition coefficient (Wildman–Crippen LogP) is 3.06. The molecule has 0 saturated heterocycles. The summed E-state index contributed by atoms with van der Waals surface area (Å²) in [7, 11) is 3.13. The second-order valence-electron chi connectivity index (χ2n) is 4.83. The molecule has 108 valence electrons. The zero-order chi connectivity index (χ0) is 14.8. The van der Waals surface area contributed by atoms with Gasteiger partial charge in [-0.15, -0.1) is 0 Å². The first-order valence-electron chi connectivity index (χ1n) is 6.72. The lowest BCUT2D eigenvalue weighted by Crippen LogP contribution is -2.15. The van der Waals surface area contributed by atoms with Gasteiger partial charge in [-0.2, -0.15) is 0 Å². The van der Waals surface area contributed by atoms with Crippen LogP contribution in [0.25, 0.3) is 0 Å². The summed E-state index contributed by atoms with van der Waals surface area (Å²) in [6, 6.07) is 12.8. The van der Waals surface area contributed by atoms with Crippen molar-refractivity contribution in [3.8, 4) is 17.2 Å². The molecule has 4 heteroatoms. The SMILES string of the molecule is COc1ccc(OC)c(C(=O)C2COc3ccccc32)c1. The molecule has 0 aromatic heterocycles. The van der Waals surface area contributed by atoms with Crippen LogP contribution < -0.4 is 14.2 Å². The Labute approximate surface area is 123 Å². The average Bonchev–Trinajstić information content (AvgIpc) is 2.97. The second-order valence-corrected chi connectivity index (χ2v) is 4.83. The number of benzene rings is 2. The maximum absolute atomic E-state index is 12.8. The molecule has 0 aliphatic carbocycles. The Morgan fingerprint density at radius 1 is 1.14 bits per heavy atom. The van der Waals surface area contributed by atoms with Crippen molar-refractivity contribution in [1.82, 2.24) is 0 Å². The molecule has 1 atom stereocenters. The molecular formula is C17H16O4. The fourth-order valence-corrected chi connectivity index (χ4v) is 2.57. The summed E-state index contributed by atoms with van der Waals surface area (Å²) in [6.45, 7) is 0.360. The highest BCUT2D eigenvalue weighted by molar-refractivity contribution is 6.04. The summed E-state index contributed by atoms with van der Waals surface area (Å²) >= 11 is 0. The Kier molecular flexibility index (Phi) is 3.52. The zero-order valence-corrected chi connectivity index (χ0v) is 12.0. The summed E-state index contributed by atoms with van der Waals surface area (Å²) in [5.74, 6) is 1.63. The lowest BCUT2D eigenvalue weighted by molar-refractivity contribution is 0.0944. The lowest BCUT2D eigenvalue weighted by atomic mass is 9.92. The van der Waals surface area contributed by atoms with Crippen molar-refractivity contribution in [2.45, 2.75) is 5.92 Å². The van der Waals surface area contributed by atoms with Crippen LogP contribution in [0, 0.1) is 0 Å². The van der Waals surface area contributed by atoms with Crippen LogP contribution in [-0.2, 0) is 0 Å². The molecule has 0 saturated carbocycles. The smallest absolute Gasteiger partial charge is 0.177 e. The number of fused-ring (bicyclic) bond motifs is 1. The Balaban J connectivity index is 2.00. The second kappa shape index (κ2) is 5.48. The minimum absolute atomic E-state index is 0.0179. The number of methoxy groups -OCH3 is 2. The maximum Gasteiger partial charge on any atom is 0.177 e. The normalized spacial score (nSPS) is 16.0. The number of Topliss-reactive ketones (excluding diaryl/α,β-unsaturated/α-hetero) is 1. The summed E-state index contributed by atoms with van der Waals surface area (Å²) in [4.78, 5) is 12.8. The first-order valence-corrected chi connectivity index (χ1v) is 6.72. The van der Waals surface area contributed by atoms with Crippen LogP contribution in [0.15, 0.2) is 42.5 Å². The molecule has 3 rings (SSSR count). The molecule has 21 heavy (non-hydrogen) atoms. The van der Waals surface area contributed by atoms with Crippen molar-refractivity contribution >= 4 is 5.78 Å². The minimum atomic E-state index is -0.304. The van der Waals surface area contributed by atoms with E-state index in [9.17, 15) is 4.79 Å². The third kappa shape index (κ3) is 2.33. The van der Waals surface area contributed by atoms with Crippen molar-refractivity contribution in [3.05, 3.63) is 53.6 Å². The predicted molar refractivity (Wildman–Crippen MR) is 78.6 cm³/mol. The fraction of sp³-hybridized carbons (Fsp3) is 0.235. The van der Waals surface area contributed by atoms with Gasteiger partial charge in [0, 0.05) is 5.56 Å². The van der Waals surface area contributed by atoms with Gasteiger partial charge in [-0.1, -0.05) is 18.2 Å². The van der Waals surface area contributed by atoms with Gasteiger partial charge < -0.3 is 14.2 Å². The summed E-state index contributed by atoms with van der Waals surface area (Å²) in [5, 5.41) is 0. The van der Waals surface area contributed by atoms with E-state index in [-0.39, 0.29) is 11.7 Å². The van der Waals surface area contributed by atoms with Crippen LogP contribution >= 0.6 is 0 Å². The monoisotopic (exact) mass is 284 g/mol. The van der Waals surface area contributed by atoms with Crippen molar-refractivity contribution in [3.63, 3.8) is 0 Å². The van der Waals surface area contributed by atoms with E-state index >= 15 is 0 Å². The van der Waals surface area contributed by atoms with E-state index in [1.54, 1.807) is 32.4 Å². The Bertz CT molecular complexity index is 678. The summed E-state index contributed by atoms with van der Waals surface area (Å²) < 4.78 is 16.1. The first kappa shape index (κ1) is 13.5. The third-order valence-corrected chi connectivity index (χ3v) is 3.69. The molecule has 1 heterocycles. The van der Waals surface area contributed by atoms with Gasteiger partial charge >= 0.3 is 0 Å². The highest BCUT2D eigenvalue weighted by Gasteiger charge is 2.32. The van der Waals surface area contributed by atoms with E-state index in [1.807, 2.05) is 24.3 Å². The zero-order valence-electron chi connectivity index (χ0n) is 12.0. The molecule has 0 radical (unpaired) electrons. The lowest BCUT2D eigenvalue weighted by Gasteiger charge is -2.13. The van der Waals surface area contributed by atoms with Gasteiger partial charge in [0.15, 0.2) is 5.78 Å². The number of hydrogen-bond acceptors (Lipinski definition) is 4. The Hall–Kier alpha value is -2.49. The minimum Gasteiger partial charge on any atom is -0.497 e. The van der Waals surface area contributed by atoms with Gasteiger partial charge in [0.1, 0.15) is 23.9 Å².